The van der Waals surface area contributed by atoms with E-state index in [1.54, 1.807) is 13.2 Å². The molecule has 0 spiro atoms. The summed E-state index contributed by atoms with van der Waals surface area (Å²) in [6.45, 7) is 4.22. The SMILES string of the molecule is COc1ccccc1-c1cc(C(=O)N[C@H](CC(C)C)c2nnc3ccccn23)[nH]n1. The van der Waals surface area contributed by atoms with Crippen molar-refractivity contribution in [1.29, 1.82) is 0 Å². The first-order valence-corrected chi connectivity index (χ1v) is 9.86. The molecule has 0 bridgehead atoms. The lowest BCUT2D eigenvalue weighted by Crippen LogP contribution is -2.31. The summed E-state index contributed by atoms with van der Waals surface area (Å²) in [7, 11) is 1.61. The highest BCUT2D eigenvalue weighted by atomic mass is 16.5. The van der Waals surface area contributed by atoms with Crippen LogP contribution in [0, 0.1) is 5.92 Å². The average molecular weight is 404 g/mol. The molecule has 8 nitrogen and oxygen atoms in total. The van der Waals surface area contributed by atoms with Crippen molar-refractivity contribution in [2.45, 2.75) is 26.3 Å². The predicted molar refractivity (Wildman–Crippen MR) is 113 cm³/mol. The molecule has 3 aromatic heterocycles. The van der Waals surface area contributed by atoms with Gasteiger partial charge in [0, 0.05) is 11.8 Å². The molecule has 4 aromatic rings. The predicted octanol–water partition coefficient (Wildman–Crippen LogP) is 3.65. The third-order valence-electron chi connectivity index (χ3n) is 4.87. The largest absolute Gasteiger partial charge is 0.496 e. The van der Waals surface area contributed by atoms with Gasteiger partial charge in [0.15, 0.2) is 11.5 Å². The van der Waals surface area contributed by atoms with Gasteiger partial charge in [0.05, 0.1) is 18.8 Å². The van der Waals surface area contributed by atoms with E-state index in [2.05, 4.69) is 39.6 Å². The maximum atomic E-state index is 13.0. The molecule has 1 amide bonds. The number of rotatable bonds is 7. The molecule has 0 saturated heterocycles. The Hall–Kier alpha value is -3.68. The van der Waals surface area contributed by atoms with Crippen LogP contribution in [-0.4, -0.2) is 37.8 Å². The lowest BCUT2D eigenvalue weighted by Gasteiger charge is -2.18. The summed E-state index contributed by atoms with van der Waals surface area (Å²) >= 11 is 0. The Labute approximate surface area is 174 Å². The number of carbonyl (C=O) groups excluding carboxylic acids is 1. The summed E-state index contributed by atoms with van der Waals surface area (Å²) in [5.41, 5.74) is 2.58. The van der Waals surface area contributed by atoms with Crippen molar-refractivity contribution in [3.8, 4) is 17.0 Å². The number of hydrogen-bond donors (Lipinski definition) is 2. The smallest absolute Gasteiger partial charge is 0.269 e. The molecule has 30 heavy (non-hydrogen) atoms. The molecule has 0 radical (unpaired) electrons. The molecule has 0 unspecified atom stereocenters. The zero-order valence-corrected chi connectivity index (χ0v) is 17.2. The van der Waals surface area contributed by atoms with E-state index in [4.69, 9.17) is 4.74 Å². The van der Waals surface area contributed by atoms with Crippen LogP contribution in [0.3, 0.4) is 0 Å². The highest BCUT2D eigenvalue weighted by molar-refractivity contribution is 5.93. The lowest BCUT2D eigenvalue weighted by atomic mass is 10.0. The normalized spacial score (nSPS) is 12.3. The number of hydrogen-bond acceptors (Lipinski definition) is 5. The fourth-order valence-electron chi connectivity index (χ4n) is 3.47. The van der Waals surface area contributed by atoms with E-state index in [0.717, 1.165) is 17.6 Å². The van der Waals surface area contributed by atoms with Gasteiger partial charge in [0.2, 0.25) is 0 Å². The van der Waals surface area contributed by atoms with Crippen molar-refractivity contribution < 1.29 is 9.53 Å². The van der Waals surface area contributed by atoms with Crippen LogP contribution in [0.2, 0.25) is 0 Å². The second-order valence-corrected chi connectivity index (χ2v) is 7.51. The van der Waals surface area contributed by atoms with E-state index >= 15 is 0 Å². The molecule has 0 aliphatic heterocycles. The number of aromatic nitrogens is 5. The average Bonchev–Trinajstić information content (AvgIpc) is 3.40. The first-order chi connectivity index (χ1) is 14.6. The van der Waals surface area contributed by atoms with E-state index in [9.17, 15) is 4.79 Å². The van der Waals surface area contributed by atoms with Crippen LogP contribution in [0.5, 0.6) is 5.75 Å². The molecule has 154 valence electrons. The minimum atomic E-state index is -0.284. The second kappa shape index (κ2) is 8.36. The Bertz CT molecular complexity index is 1160. The molecule has 8 heteroatoms. The number of fused-ring (bicyclic) bond motifs is 1. The van der Waals surface area contributed by atoms with E-state index in [1.165, 1.54) is 0 Å². The summed E-state index contributed by atoms with van der Waals surface area (Å²) in [5.74, 6) is 1.51. The van der Waals surface area contributed by atoms with E-state index in [0.29, 0.717) is 28.9 Å². The summed E-state index contributed by atoms with van der Waals surface area (Å²) in [4.78, 5) is 13.0. The molecular weight excluding hydrogens is 380 g/mol. The van der Waals surface area contributed by atoms with Gasteiger partial charge < -0.3 is 10.1 Å². The minimum Gasteiger partial charge on any atom is -0.496 e. The summed E-state index contributed by atoms with van der Waals surface area (Å²) in [6.07, 6.45) is 2.63. The van der Waals surface area contributed by atoms with Crippen LogP contribution in [0.1, 0.15) is 42.6 Å². The number of amides is 1. The van der Waals surface area contributed by atoms with Crippen molar-refractivity contribution in [3.05, 3.63) is 66.2 Å². The second-order valence-electron chi connectivity index (χ2n) is 7.51. The number of aromatic amines is 1. The standard InChI is InChI=1S/C22H24N6O2/c1-14(2)12-17(21-27-26-20-10-6-7-11-28(20)21)23-22(29)18-13-16(24-25-18)15-8-4-5-9-19(15)30-3/h4-11,13-14,17H,12H2,1-3H3,(H,23,29)(H,24,25)/t17-/m1/s1. The maximum absolute atomic E-state index is 13.0. The Kier molecular flexibility index (Phi) is 5.47. The van der Waals surface area contributed by atoms with E-state index in [1.807, 2.05) is 53.1 Å². The number of H-pyrrole nitrogens is 1. The highest BCUT2D eigenvalue weighted by Gasteiger charge is 2.23. The molecule has 3 heterocycles. The summed E-state index contributed by atoms with van der Waals surface area (Å²) in [6, 6.07) is 14.7. The Morgan fingerprint density at radius 1 is 1.17 bits per heavy atom. The number of nitrogens with one attached hydrogen (secondary N) is 2. The zero-order chi connectivity index (χ0) is 21.1. The fraction of sp³-hybridized carbons (Fsp3) is 0.273. The van der Waals surface area contributed by atoms with Crippen LogP contribution in [-0.2, 0) is 0 Å². The number of ether oxygens (including phenoxy) is 1. The Morgan fingerprint density at radius 2 is 1.97 bits per heavy atom. The van der Waals surface area contributed by atoms with Gasteiger partial charge in [-0.1, -0.05) is 32.0 Å². The monoisotopic (exact) mass is 404 g/mol. The van der Waals surface area contributed by atoms with Crippen LogP contribution in [0.4, 0.5) is 0 Å². The van der Waals surface area contributed by atoms with Crippen molar-refractivity contribution in [2.75, 3.05) is 7.11 Å². The maximum Gasteiger partial charge on any atom is 0.269 e. The van der Waals surface area contributed by atoms with Crippen LogP contribution in [0.15, 0.2) is 54.7 Å². The minimum absolute atomic E-state index is 0.248. The molecule has 0 aliphatic carbocycles. The van der Waals surface area contributed by atoms with Crippen molar-refractivity contribution >= 4 is 11.6 Å². The van der Waals surface area contributed by atoms with Gasteiger partial charge in [0.25, 0.3) is 5.91 Å². The van der Waals surface area contributed by atoms with Gasteiger partial charge in [-0.2, -0.15) is 5.10 Å². The van der Waals surface area contributed by atoms with E-state index in [-0.39, 0.29) is 11.9 Å². The number of para-hydroxylation sites is 1. The fourth-order valence-corrected chi connectivity index (χ4v) is 3.47. The number of nitrogens with zero attached hydrogens (tertiary/aromatic N) is 4. The number of methoxy groups -OCH3 is 1. The van der Waals surface area contributed by atoms with Crippen molar-refractivity contribution in [1.82, 2.24) is 30.1 Å². The molecule has 1 aromatic carbocycles. The van der Waals surface area contributed by atoms with Gasteiger partial charge in [-0.3, -0.25) is 14.3 Å². The number of pyridine rings is 1. The molecule has 4 rings (SSSR count). The van der Waals surface area contributed by atoms with Gasteiger partial charge in [-0.25, -0.2) is 0 Å². The zero-order valence-electron chi connectivity index (χ0n) is 17.2. The van der Waals surface area contributed by atoms with Gasteiger partial charge in [0.1, 0.15) is 11.4 Å². The first kappa shape index (κ1) is 19.6. The van der Waals surface area contributed by atoms with Crippen LogP contribution in [0.25, 0.3) is 16.9 Å². The number of benzene rings is 1. The van der Waals surface area contributed by atoms with Gasteiger partial charge in [-0.05, 0) is 42.7 Å². The molecule has 1 atom stereocenters. The van der Waals surface area contributed by atoms with Gasteiger partial charge >= 0.3 is 0 Å². The van der Waals surface area contributed by atoms with Gasteiger partial charge in [-0.15, -0.1) is 10.2 Å². The first-order valence-electron chi connectivity index (χ1n) is 9.86. The van der Waals surface area contributed by atoms with Crippen molar-refractivity contribution in [2.24, 2.45) is 5.92 Å². The number of carbonyl (C=O) groups is 1. The van der Waals surface area contributed by atoms with E-state index < -0.39 is 0 Å². The molecule has 0 saturated carbocycles. The molecule has 0 fully saturated rings. The topological polar surface area (TPSA) is 97.2 Å². The summed E-state index contributed by atoms with van der Waals surface area (Å²) < 4.78 is 7.30. The third-order valence-corrected chi connectivity index (χ3v) is 4.87. The van der Waals surface area contributed by atoms with Crippen molar-refractivity contribution in [3.63, 3.8) is 0 Å². The molecular formula is C22H24N6O2. The lowest BCUT2D eigenvalue weighted by molar-refractivity contribution is 0.0924. The summed E-state index contributed by atoms with van der Waals surface area (Å²) in [5, 5.41) is 18.8. The highest BCUT2D eigenvalue weighted by Crippen LogP contribution is 2.28. The molecule has 2 N–H and O–H groups in total. The van der Waals surface area contributed by atoms with Crippen LogP contribution >= 0.6 is 0 Å². The van der Waals surface area contributed by atoms with Crippen LogP contribution < -0.4 is 10.1 Å². The molecule has 0 aliphatic rings. The Morgan fingerprint density at radius 3 is 2.77 bits per heavy atom. The Balaban J connectivity index is 1.60. The third kappa shape index (κ3) is 3.89. The quantitative estimate of drug-likeness (QED) is 0.490.